The van der Waals surface area contributed by atoms with Gasteiger partial charge in [-0.2, -0.15) is 0 Å². The number of pyridine rings is 2. The summed E-state index contributed by atoms with van der Waals surface area (Å²) < 4.78 is 36.5. The molecule has 4 aromatic rings. The Hall–Kier alpha value is -5.68. The quantitative estimate of drug-likeness (QED) is 0.0909. The van der Waals surface area contributed by atoms with Crippen LogP contribution in [0.25, 0.3) is 22.5 Å². The highest BCUT2D eigenvalue weighted by molar-refractivity contribution is 5.88. The largest absolute Gasteiger partial charge is 0.493 e. The number of carbonyl (C=O) groups is 2. The van der Waals surface area contributed by atoms with E-state index in [1.165, 1.54) is 24.5 Å². The molecule has 2 aromatic heterocycles. The maximum atomic E-state index is 12.5. The molecule has 4 N–H and O–H groups in total. The van der Waals surface area contributed by atoms with Gasteiger partial charge in [-0.1, -0.05) is 27.7 Å². The predicted molar refractivity (Wildman–Crippen MR) is 230 cm³/mol. The van der Waals surface area contributed by atoms with Gasteiger partial charge in [-0.15, -0.1) is 0 Å². The standard InChI is InChI=1S/2C23H29NO7/c2*1-23(2,13-25)21-9-14-8-20(31-7-5-6-29-3)19(30-4)10-15(14)17-11-18(26)16(22(27)28)12-24(17)21/h2*8,10-12,21,25H,5-7,9,13H2,1-4H3,(H,27,28)/t2*21-/m10/s1. The fourth-order valence-electron chi connectivity index (χ4n) is 7.83. The first-order valence-corrected chi connectivity index (χ1v) is 20.3. The Labute approximate surface area is 360 Å². The van der Waals surface area contributed by atoms with E-state index in [9.17, 15) is 39.6 Å². The van der Waals surface area contributed by atoms with Crippen LogP contribution in [0, 0.1) is 10.8 Å². The summed E-state index contributed by atoms with van der Waals surface area (Å²) in [5, 5.41) is 38.9. The number of rotatable bonds is 18. The third kappa shape index (κ3) is 9.99. The lowest BCUT2D eigenvalue weighted by atomic mass is 9.78. The van der Waals surface area contributed by atoms with Gasteiger partial charge in [-0.05, 0) is 48.2 Å². The average molecular weight is 863 g/mol. The van der Waals surface area contributed by atoms with Gasteiger partial charge < -0.3 is 58.0 Å². The number of hydrogen-bond acceptors (Lipinski definition) is 12. The smallest absolute Gasteiger partial charge is 0.341 e. The van der Waals surface area contributed by atoms with Crippen molar-refractivity contribution >= 4 is 11.9 Å². The van der Waals surface area contributed by atoms with E-state index < -0.39 is 33.6 Å². The zero-order valence-electron chi connectivity index (χ0n) is 36.6. The zero-order chi connectivity index (χ0) is 45.5. The molecule has 0 saturated heterocycles. The summed E-state index contributed by atoms with van der Waals surface area (Å²) in [6, 6.07) is 9.62. The Kier molecular flexibility index (Phi) is 15.3. The third-order valence-corrected chi connectivity index (χ3v) is 11.6. The van der Waals surface area contributed by atoms with Crippen molar-refractivity contribution in [1.29, 1.82) is 0 Å². The van der Waals surface area contributed by atoms with Gasteiger partial charge in [-0.3, -0.25) is 9.59 Å². The second-order valence-electron chi connectivity index (χ2n) is 16.7. The van der Waals surface area contributed by atoms with Crippen molar-refractivity contribution in [1.82, 2.24) is 9.13 Å². The van der Waals surface area contributed by atoms with Crippen LogP contribution in [0.15, 0.2) is 58.4 Å². The molecule has 16 nitrogen and oxygen atoms in total. The summed E-state index contributed by atoms with van der Waals surface area (Å²) in [7, 11) is 6.37. The van der Waals surface area contributed by atoms with E-state index in [0.717, 1.165) is 35.1 Å². The van der Waals surface area contributed by atoms with Gasteiger partial charge in [0.2, 0.25) is 0 Å². The molecule has 0 aliphatic carbocycles. The van der Waals surface area contributed by atoms with E-state index in [-0.39, 0.29) is 36.4 Å². The highest BCUT2D eigenvalue weighted by atomic mass is 16.5. The molecule has 16 heteroatoms. The minimum atomic E-state index is -1.27. The molecule has 0 bridgehead atoms. The molecule has 0 unspecified atom stereocenters. The predicted octanol–water partition coefficient (Wildman–Crippen LogP) is 5.51. The fraction of sp³-hybridized carbons (Fsp3) is 0.478. The van der Waals surface area contributed by atoms with E-state index >= 15 is 0 Å². The molecular formula is C46H58N2O14. The summed E-state index contributed by atoms with van der Waals surface area (Å²) in [4.78, 5) is 48.1. The van der Waals surface area contributed by atoms with Crippen molar-refractivity contribution in [3.8, 4) is 45.5 Å². The van der Waals surface area contributed by atoms with Gasteiger partial charge in [0.05, 0.1) is 52.0 Å². The second-order valence-corrected chi connectivity index (χ2v) is 16.7. The highest BCUT2D eigenvalue weighted by Gasteiger charge is 2.38. The van der Waals surface area contributed by atoms with Crippen molar-refractivity contribution < 1.29 is 58.4 Å². The number of carboxylic acid groups (broad SMARTS) is 2. The Bertz CT molecular complexity index is 2220. The van der Waals surface area contributed by atoms with E-state index in [0.29, 0.717) is 73.7 Å². The van der Waals surface area contributed by atoms with Crippen LogP contribution in [0.3, 0.4) is 0 Å². The number of fused-ring (bicyclic) bond motifs is 6. The third-order valence-electron chi connectivity index (χ3n) is 11.6. The number of aromatic carboxylic acids is 2. The van der Waals surface area contributed by atoms with Crippen LogP contribution in [0.1, 0.15) is 84.5 Å². The summed E-state index contributed by atoms with van der Waals surface area (Å²) >= 11 is 0. The zero-order valence-corrected chi connectivity index (χ0v) is 36.6. The van der Waals surface area contributed by atoms with Crippen LogP contribution in [-0.4, -0.2) is 110 Å². The van der Waals surface area contributed by atoms with Gasteiger partial charge in [-0.25, -0.2) is 9.59 Å². The number of carboxylic acids is 2. The summed E-state index contributed by atoms with van der Waals surface area (Å²) in [5.74, 6) is -0.311. The molecule has 2 aliphatic rings. The van der Waals surface area contributed by atoms with Crippen LogP contribution < -0.4 is 29.8 Å². The second kappa shape index (κ2) is 20.0. The van der Waals surface area contributed by atoms with Crippen LogP contribution in [0.4, 0.5) is 0 Å². The first kappa shape index (κ1) is 47.4. The van der Waals surface area contributed by atoms with E-state index in [2.05, 4.69) is 0 Å². The number of benzene rings is 2. The number of ether oxygens (including phenoxy) is 6. The molecule has 62 heavy (non-hydrogen) atoms. The first-order valence-electron chi connectivity index (χ1n) is 20.3. The number of aliphatic hydroxyl groups excluding tert-OH is 2. The van der Waals surface area contributed by atoms with Crippen molar-refractivity contribution in [2.24, 2.45) is 10.8 Å². The van der Waals surface area contributed by atoms with Gasteiger partial charge >= 0.3 is 11.9 Å². The monoisotopic (exact) mass is 862 g/mol. The summed E-state index contributed by atoms with van der Waals surface area (Å²) in [6.07, 6.45) is 5.30. The van der Waals surface area contributed by atoms with Crippen LogP contribution in [0.2, 0.25) is 0 Å². The van der Waals surface area contributed by atoms with E-state index in [4.69, 9.17) is 28.4 Å². The van der Waals surface area contributed by atoms with Crippen LogP contribution in [0.5, 0.6) is 23.0 Å². The Morgan fingerprint density at radius 3 is 1.27 bits per heavy atom. The Balaban J connectivity index is 0.000000234. The lowest BCUT2D eigenvalue weighted by Gasteiger charge is -2.40. The maximum absolute atomic E-state index is 12.5. The lowest BCUT2D eigenvalue weighted by molar-refractivity contribution is 0.0680. The number of nitrogens with zero attached hydrogens (tertiary/aromatic N) is 2. The number of methoxy groups -OCH3 is 4. The van der Waals surface area contributed by atoms with Crippen molar-refractivity contribution in [3.63, 3.8) is 0 Å². The molecule has 2 atom stereocenters. The number of hydrogen-bond donors (Lipinski definition) is 4. The Morgan fingerprint density at radius 2 is 0.968 bits per heavy atom. The topological polar surface area (TPSA) is 214 Å². The summed E-state index contributed by atoms with van der Waals surface area (Å²) in [6.45, 7) is 9.55. The molecule has 0 fully saturated rings. The summed E-state index contributed by atoms with van der Waals surface area (Å²) in [5.41, 5.74) is 1.78. The molecule has 6 rings (SSSR count). The van der Waals surface area contributed by atoms with Gasteiger partial charge in [0.1, 0.15) is 11.1 Å². The van der Waals surface area contributed by atoms with E-state index in [1.807, 2.05) is 52.0 Å². The molecule has 2 aromatic carbocycles. The van der Waals surface area contributed by atoms with Crippen LogP contribution >= 0.6 is 0 Å². The van der Waals surface area contributed by atoms with Crippen molar-refractivity contribution in [2.75, 3.05) is 68.1 Å². The average Bonchev–Trinajstić information content (AvgIpc) is 3.25. The molecule has 2 aliphatic heterocycles. The molecular weight excluding hydrogens is 805 g/mol. The molecule has 0 radical (unpaired) electrons. The number of aromatic nitrogens is 2. The Morgan fingerprint density at radius 1 is 0.597 bits per heavy atom. The van der Waals surface area contributed by atoms with E-state index in [1.54, 1.807) is 37.6 Å². The molecule has 0 saturated carbocycles. The van der Waals surface area contributed by atoms with Gasteiger partial charge in [0.25, 0.3) is 0 Å². The van der Waals surface area contributed by atoms with Gasteiger partial charge in [0.15, 0.2) is 33.9 Å². The highest BCUT2D eigenvalue weighted by Crippen LogP contribution is 2.47. The fourth-order valence-corrected chi connectivity index (χ4v) is 7.83. The van der Waals surface area contributed by atoms with Gasteiger partial charge in [0, 0.05) is 98.8 Å². The SMILES string of the molecule is COCCCOc1cc2c(cc1OC)-c1cc(=O)c(C(=O)O)cn1[C@@H](C(C)(C)CO)C2.COCCCOc1cc2c(cc1OC)-c1cc(=O)c(C(=O)O)cn1[C@H](C(C)(C)CO)C2. The first-order chi connectivity index (χ1) is 29.5. The van der Waals surface area contributed by atoms with Crippen LogP contribution in [-0.2, 0) is 22.3 Å². The minimum Gasteiger partial charge on any atom is -0.493 e. The molecule has 0 amide bonds. The normalized spacial score (nSPS) is 15.2. The molecule has 336 valence electrons. The molecule has 4 heterocycles. The maximum Gasteiger partial charge on any atom is 0.341 e. The molecule has 0 spiro atoms. The van der Waals surface area contributed by atoms with Crippen molar-refractivity contribution in [2.45, 2.75) is 65.5 Å². The minimum absolute atomic E-state index is 0.0997. The van der Waals surface area contributed by atoms with Crippen molar-refractivity contribution in [3.05, 3.63) is 91.5 Å². The number of aliphatic hydroxyl groups is 2. The lowest BCUT2D eigenvalue weighted by Crippen LogP contribution is -2.36.